The molecule has 1 unspecified atom stereocenters. The van der Waals surface area contributed by atoms with E-state index >= 15 is 0 Å². The average Bonchev–Trinajstić information content (AvgIpc) is 2.32. The molecule has 15 heavy (non-hydrogen) atoms. The minimum Gasteiger partial charge on any atom is -0.369 e. The molecule has 1 aromatic rings. The van der Waals surface area contributed by atoms with Crippen molar-refractivity contribution in [3.63, 3.8) is 0 Å². The monoisotopic (exact) mass is 202 g/mol. The van der Waals surface area contributed by atoms with Crippen molar-refractivity contribution in [1.29, 1.82) is 0 Å². The summed E-state index contributed by atoms with van der Waals surface area (Å²) in [5.41, 5.74) is 0.700. The maximum absolute atomic E-state index is 11.2. The van der Waals surface area contributed by atoms with Crippen LogP contribution in [0.25, 0.3) is 0 Å². The van der Waals surface area contributed by atoms with E-state index in [0.29, 0.717) is 6.42 Å². The largest absolute Gasteiger partial charge is 0.369 e. The number of allylic oxidation sites excluding steroid dienone is 1. The lowest BCUT2D eigenvalue weighted by Gasteiger charge is -2.31. The van der Waals surface area contributed by atoms with Crippen LogP contribution in [0.3, 0.4) is 0 Å². The summed E-state index contributed by atoms with van der Waals surface area (Å²) in [7, 11) is 1.69. The topological polar surface area (TPSA) is 26.3 Å². The molecule has 0 radical (unpaired) electrons. The zero-order chi connectivity index (χ0) is 10.7. The van der Waals surface area contributed by atoms with Gasteiger partial charge in [0.05, 0.1) is 0 Å². The van der Waals surface area contributed by atoms with Crippen molar-refractivity contribution in [3.8, 4) is 0 Å². The fraction of sp³-hybridized carbons (Fsp3) is 0.308. The van der Waals surface area contributed by atoms with Gasteiger partial charge in [-0.2, -0.15) is 0 Å². The van der Waals surface area contributed by atoms with Crippen molar-refractivity contribution >= 4 is 5.78 Å². The highest BCUT2D eigenvalue weighted by atomic mass is 16.5. The number of hydrogen-bond donors (Lipinski definition) is 0. The van der Waals surface area contributed by atoms with Crippen LogP contribution in [0.2, 0.25) is 0 Å². The molecule has 1 atom stereocenters. The van der Waals surface area contributed by atoms with E-state index < -0.39 is 5.60 Å². The summed E-state index contributed by atoms with van der Waals surface area (Å²) in [6.45, 7) is 0. The third-order valence-electron chi connectivity index (χ3n) is 2.91. The fourth-order valence-electron chi connectivity index (χ4n) is 1.95. The van der Waals surface area contributed by atoms with Gasteiger partial charge < -0.3 is 4.74 Å². The van der Waals surface area contributed by atoms with Crippen molar-refractivity contribution < 1.29 is 9.53 Å². The second-order valence-corrected chi connectivity index (χ2v) is 3.76. The molecule has 1 aliphatic rings. The lowest BCUT2D eigenvalue weighted by Crippen LogP contribution is -2.29. The van der Waals surface area contributed by atoms with Gasteiger partial charge >= 0.3 is 0 Å². The van der Waals surface area contributed by atoms with Gasteiger partial charge in [-0.1, -0.05) is 30.3 Å². The number of methoxy groups -OCH3 is 1. The van der Waals surface area contributed by atoms with Crippen molar-refractivity contribution in [2.75, 3.05) is 7.11 Å². The molecule has 0 saturated carbocycles. The van der Waals surface area contributed by atoms with Gasteiger partial charge in [0.25, 0.3) is 0 Å². The lowest BCUT2D eigenvalue weighted by atomic mass is 9.84. The van der Waals surface area contributed by atoms with Crippen LogP contribution in [0.1, 0.15) is 18.4 Å². The van der Waals surface area contributed by atoms with Crippen molar-refractivity contribution in [2.24, 2.45) is 0 Å². The molecular formula is C13H14O2. The first-order chi connectivity index (χ1) is 7.27. The Kier molecular flexibility index (Phi) is 2.69. The first-order valence-corrected chi connectivity index (χ1v) is 5.09. The molecule has 0 amide bonds. The smallest absolute Gasteiger partial charge is 0.155 e. The summed E-state index contributed by atoms with van der Waals surface area (Å²) >= 11 is 0. The zero-order valence-electron chi connectivity index (χ0n) is 8.77. The molecule has 2 nitrogen and oxygen atoms in total. The van der Waals surface area contributed by atoms with E-state index in [1.807, 2.05) is 36.4 Å². The number of benzene rings is 1. The van der Waals surface area contributed by atoms with E-state index in [2.05, 4.69) is 0 Å². The molecule has 0 fully saturated rings. The van der Waals surface area contributed by atoms with Gasteiger partial charge in [-0.05, 0) is 24.1 Å². The third-order valence-corrected chi connectivity index (χ3v) is 2.91. The Bertz CT molecular complexity index is 381. The number of carbonyl (C=O) groups is 1. The van der Waals surface area contributed by atoms with Crippen molar-refractivity contribution in [1.82, 2.24) is 0 Å². The summed E-state index contributed by atoms with van der Waals surface area (Å²) in [4.78, 5) is 11.2. The van der Waals surface area contributed by atoms with E-state index in [9.17, 15) is 4.79 Å². The predicted octanol–water partition coefficient (Wildman–Crippen LogP) is 2.45. The first kappa shape index (κ1) is 10.1. The van der Waals surface area contributed by atoms with Crippen LogP contribution in [0.15, 0.2) is 42.5 Å². The van der Waals surface area contributed by atoms with E-state index in [-0.39, 0.29) is 5.78 Å². The summed E-state index contributed by atoms with van der Waals surface area (Å²) in [6.07, 6.45) is 4.77. The van der Waals surface area contributed by atoms with Gasteiger partial charge in [0.1, 0.15) is 5.60 Å². The third kappa shape index (κ3) is 1.85. The highest BCUT2D eigenvalue weighted by Gasteiger charge is 2.32. The van der Waals surface area contributed by atoms with E-state index in [1.54, 1.807) is 13.2 Å². The standard InChI is InChI=1S/C13H14O2/c1-15-13(9-7-12(14)8-10-13)11-5-3-2-4-6-11/h2-7,9H,8,10H2,1H3. The summed E-state index contributed by atoms with van der Waals surface area (Å²) in [5.74, 6) is 0.179. The second kappa shape index (κ2) is 3.99. The average molecular weight is 202 g/mol. The molecule has 1 aliphatic carbocycles. The molecule has 2 heteroatoms. The number of ether oxygens (including phenoxy) is 1. The van der Waals surface area contributed by atoms with Crippen LogP contribution in [0.5, 0.6) is 0 Å². The molecule has 0 bridgehead atoms. The Morgan fingerprint density at radius 2 is 2.00 bits per heavy atom. The molecule has 2 rings (SSSR count). The summed E-state index contributed by atoms with van der Waals surface area (Å²) < 4.78 is 5.57. The Morgan fingerprint density at radius 3 is 2.53 bits per heavy atom. The Labute approximate surface area is 89.6 Å². The van der Waals surface area contributed by atoms with Crippen LogP contribution >= 0.6 is 0 Å². The van der Waals surface area contributed by atoms with E-state index in [4.69, 9.17) is 4.74 Å². The van der Waals surface area contributed by atoms with Crippen LogP contribution in [0.4, 0.5) is 0 Å². The molecule has 0 aliphatic heterocycles. The number of hydrogen-bond acceptors (Lipinski definition) is 2. The molecule has 0 N–H and O–H groups in total. The first-order valence-electron chi connectivity index (χ1n) is 5.09. The number of rotatable bonds is 2. The molecule has 0 saturated heterocycles. The minimum atomic E-state index is -0.408. The second-order valence-electron chi connectivity index (χ2n) is 3.76. The van der Waals surface area contributed by atoms with Crippen LogP contribution in [-0.4, -0.2) is 12.9 Å². The quantitative estimate of drug-likeness (QED) is 0.736. The van der Waals surface area contributed by atoms with Gasteiger partial charge in [-0.15, -0.1) is 0 Å². The highest BCUT2D eigenvalue weighted by Crippen LogP contribution is 2.34. The van der Waals surface area contributed by atoms with Crippen molar-refractivity contribution in [3.05, 3.63) is 48.0 Å². The normalized spacial score (nSPS) is 25.5. The maximum atomic E-state index is 11.2. The SMILES string of the molecule is COC1(c2ccccc2)C=CC(=O)CC1. The lowest BCUT2D eigenvalue weighted by molar-refractivity contribution is -0.117. The van der Waals surface area contributed by atoms with Crippen LogP contribution in [0, 0.1) is 0 Å². The van der Waals surface area contributed by atoms with Gasteiger partial charge in [0, 0.05) is 13.5 Å². The van der Waals surface area contributed by atoms with Gasteiger partial charge in [0.2, 0.25) is 0 Å². The Hall–Kier alpha value is -1.41. The van der Waals surface area contributed by atoms with E-state index in [1.165, 1.54) is 0 Å². The van der Waals surface area contributed by atoms with Crippen molar-refractivity contribution in [2.45, 2.75) is 18.4 Å². The zero-order valence-corrected chi connectivity index (χ0v) is 8.77. The summed E-state index contributed by atoms with van der Waals surface area (Å²) in [6, 6.07) is 10.0. The number of ketones is 1. The minimum absolute atomic E-state index is 0.179. The Balaban J connectivity index is 2.39. The molecule has 0 aromatic heterocycles. The van der Waals surface area contributed by atoms with Gasteiger partial charge in [-0.25, -0.2) is 0 Å². The maximum Gasteiger partial charge on any atom is 0.155 e. The van der Waals surface area contributed by atoms with Crippen LogP contribution < -0.4 is 0 Å². The van der Waals surface area contributed by atoms with E-state index in [0.717, 1.165) is 12.0 Å². The molecule has 0 spiro atoms. The molecule has 1 aromatic carbocycles. The molecule has 0 heterocycles. The van der Waals surface area contributed by atoms with Gasteiger partial charge in [-0.3, -0.25) is 4.79 Å². The van der Waals surface area contributed by atoms with Crippen LogP contribution in [-0.2, 0) is 15.1 Å². The number of carbonyl (C=O) groups excluding carboxylic acids is 1. The fourth-order valence-corrected chi connectivity index (χ4v) is 1.95. The van der Waals surface area contributed by atoms with Gasteiger partial charge in [0.15, 0.2) is 5.78 Å². The molecule has 78 valence electrons. The molecular weight excluding hydrogens is 188 g/mol. The highest BCUT2D eigenvalue weighted by molar-refractivity contribution is 5.90. The Morgan fingerprint density at radius 1 is 1.27 bits per heavy atom. The predicted molar refractivity (Wildman–Crippen MR) is 58.5 cm³/mol. The summed E-state index contributed by atoms with van der Waals surface area (Å²) in [5, 5.41) is 0.